The molecule has 1 amide bonds. The lowest BCUT2D eigenvalue weighted by atomic mass is 9.78. The standard InChI is InChI=1S/C28H33FN2O4/c29-17-24(30)20-10-12-21(13-11-20)27(33)31-15-14-23(19-4-2-1-3-5-19)26(31)25(32)16-18-6-8-22(9-7-18)28(34)35/h1-9,20-21,23-24,26H,10-17,30H2,(H,34,35)/t20?,21?,23-,24?,26+/m1/s1. The highest BCUT2D eigenvalue weighted by atomic mass is 19.1. The van der Waals surface area contributed by atoms with Crippen LogP contribution in [0.1, 0.15) is 59.5 Å². The van der Waals surface area contributed by atoms with E-state index in [0.717, 1.165) is 24.0 Å². The Balaban J connectivity index is 1.52. The van der Waals surface area contributed by atoms with Gasteiger partial charge in [-0.1, -0.05) is 42.5 Å². The van der Waals surface area contributed by atoms with Crippen molar-refractivity contribution in [2.75, 3.05) is 13.2 Å². The number of nitrogens with zero attached hydrogens (tertiary/aromatic N) is 1. The molecule has 1 aliphatic carbocycles. The van der Waals surface area contributed by atoms with Crippen LogP contribution in [0.15, 0.2) is 54.6 Å². The molecule has 1 saturated heterocycles. The zero-order valence-corrected chi connectivity index (χ0v) is 19.8. The number of carbonyl (C=O) groups excluding carboxylic acids is 2. The minimum Gasteiger partial charge on any atom is -0.478 e. The summed E-state index contributed by atoms with van der Waals surface area (Å²) in [5.74, 6) is -1.19. The molecule has 1 saturated carbocycles. The van der Waals surface area contributed by atoms with Gasteiger partial charge in [0.05, 0.1) is 11.6 Å². The smallest absolute Gasteiger partial charge is 0.335 e. The quantitative estimate of drug-likeness (QED) is 0.595. The second kappa shape index (κ2) is 11.1. The number of amides is 1. The largest absolute Gasteiger partial charge is 0.478 e. The van der Waals surface area contributed by atoms with Crippen LogP contribution < -0.4 is 5.73 Å². The maximum atomic E-state index is 13.6. The number of benzene rings is 2. The molecule has 7 heteroatoms. The molecule has 35 heavy (non-hydrogen) atoms. The fraction of sp³-hybridized carbons (Fsp3) is 0.464. The molecule has 3 atom stereocenters. The molecule has 4 rings (SSSR count). The monoisotopic (exact) mass is 480 g/mol. The summed E-state index contributed by atoms with van der Waals surface area (Å²) in [7, 11) is 0. The third-order valence-electron chi connectivity index (χ3n) is 7.72. The van der Waals surface area contributed by atoms with E-state index in [1.807, 2.05) is 30.3 Å². The van der Waals surface area contributed by atoms with E-state index in [1.54, 1.807) is 17.0 Å². The van der Waals surface area contributed by atoms with Crippen molar-refractivity contribution in [2.24, 2.45) is 17.6 Å². The number of carboxylic acids is 1. The van der Waals surface area contributed by atoms with Crippen LogP contribution in [-0.4, -0.2) is 53.0 Å². The summed E-state index contributed by atoms with van der Waals surface area (Å²) in [6.07, 6.45) is 3.64. The van der Waals surface area contributed by atoms with Gasteiger partial charge in [0, 0.05) is 30.8 Å². The highest BCUT2D eigenvalue weighted by Gasteiger charge is 2.44. The molecule has 6 nitrogen and oxygen atoms in total. The van der Waals surface area contributed by atoms with E-state index < -0.39 is 24.7 Å². The van der Waals surface area contributed by atoms with Gasteiger partial charge in [-0.15, -0.1) is 0 Å². The Morgan fingerprint density at radius 1 is 0.971 bits per heavy atom. The van der Waals surface area contributed by atoms with Crippen LogP contribution in [0.2, 0.25) is 0 Å². The third-order valence-corrected chi connectivity index (χ3v) is 7.72. The Labute approximate surface area is 205 Å². The molecule has 2 aromatic rings. The number of nitrogens with two attached hydrogens (primary N) is 1. The van der Waals surface area contributed by atoms with E-state index in [-0.39, 0.29) is 41.4 Å². The summed E-state index contributed by atoms with van der Waals surface area (Å²) >= 11 is 0. The molecule has 0 spiro atoms. The first-order valence-corrected chi connectivity index (χ1v) is 12.4. The van der Waals surface area contributed by atoms with Gasteiger partial charge in [-0.3, -0.25) is 9.59 Å². The Bertz CT molecular complexity index is 1030. The molecule has 0 bridgehead atoms. The molecular formula is C28H33FN2O4. The number of hydrogen-bond donors (Lipinski definition) is 2. The van der Waals surface area contributed by atoms with E-state index >= 15 is 0 Å². The minimum absolute atomic E-state index is 0.00951. The number of alkyl halides is 1. The number of rotatable bonds is 8. The predicted molar refractivity (Wildman–Crippen MR) is 131 cm³/mol. The third kappa shape index (κ3) is 5.61. The van der Waals surface area contributed by atoms with Gasteiger partial charge in [0.25, 0.3) is 0 Å². The van der Waals surface area contributed by atoms with Crippen molar-refractivity contribution >= 4 is 17.7 Å². The lowest BCUT2D eigenvalue weighted by Crippen LogP contribution is -2.47. The number of ketones is 1. The number of carboxylic acid groups (broad SMARTS) is 1. The SMILES string of the molecule is NC(CF)C1CCC(C(=O)N2CC[C@H](c3ccccc3)[C@H]2C(=O)Cc2ccc(C(=O)O)cc2)CC1. The molecule has 0 aromatic heterocycles. The van der Waals surface area contributed by atoms with Gasteiger partial charge in [0.2, 0.25) is 5.91 Å². The maximum absolute atomic E-state index is 13.6. The Hall–Kier alpha value is -3.06. The van der Waals surface area contributed by atoms with Gasteiger partial charge < -0.3 is 15.7 Å². The van der Waals surface area contributed by atoms with E-state index in [1.165, 1.54) is 12.1 Å². The van der Waals surface area contributed by atoms with Crippen molar-refractivity contribution in [3.8, 4) is 0 Å². The van der Waals surface area contributed by atoms with Crippen LogP contribution in [0.3, 0.4) is 0 Å². The summed E-state index contributed by atoms with van der Waals surface area (Å²) < 4.78 is 13.0. The van der Waals surface area contributed by atoms with Crippen LogP contribution in [0.5, 0.6) is 0 Å². The van der Waals surface area contributed by atoms with Crippen molar-refractivity contribution in [2.45, 2.75) is 56.5 Å². The number of likely N-dealkylation sites (tertiary alicyclic amines) is 1. The summed E-state index contributed by atoms with van der Waals surface area (Å²) in [4.78, 5) is 40.2. The average molecular weight is 481 g/mol. The zero-order chi connectivity index (χ0) is 24.9. The lowest BCUT2D eigenvalue weighted by Gasteiger charge is -2.35. The van der Waals surface area contributed by atoms with Gasteiger partial charge in [0.15, 0.2) is 5.78 Å². The van der Waals surface area contributed by atoms with Gasteiger partial charge in [-0.2, -0.15) is 0 Å². The normalized spacial score (nSPS) is 25.3. The number of hydrogen-bond acceptors (Lipinski definition) is 4. The predicted octanol–water partition coefficient (Wildman–Crippen LogP) is 3.98. The first-order valence-electron chi connectivity index (χ1n) is 12.4. The molecule has 1 unspecified atom stereocenters. The van der Waals surface area contributed by atoms with E-state index in [4.69, 9.17) is 10.8 Å². The van der Waals surface area contributed by atoms with Crippen molar-refractivity contribution in [3.63, 3.8) is 0 Å². The van der Waals surface area contributed by atoms with Gasteiger partial charge in [-0.25, -0.2) is 9.18 Å². The summed E-state index contributed by atoms with van der Waals surface area (Å²) in [6, 6.07) is 15.1. The fourth-order valence-corrected chi connectivity index (χ4v) is 5.71. The van der Waals surface area contributed by atoms with Gasteiger partial charge >= 0.3 is 5.97 Å². The van der Waals surface area contributed by atoms with Gasteiger partial charge in [-0.05, 0) is 61.3 Å². The molecule has 2 aliphatic rings. The number of carbonyl (C=O) groups is 3. The Kier molecular flexibility index (Phi) is 7.96. The first-order chi connectivity index (χ1) is 16.9. The molecule has 1 aliphatic heterocycles. The highest BCUT2D eigenvalue weighted by molar-refractivity contribution is 5.93. The Morgan fingerprint density at radius 2 is 1.63 bits per heavy atom. The topological polar surface area (TPSA) is 101 Å². The summed E-state index contributed by atoms with van der Waals surface area (Å²) in [6.45, 7) is -0.0190. The van der Waals surface area contributed by atoms with Gasteiger partial charge in [0.1, 0.15) is 6.67 Å². The summed E-state index contributed by atoms with van der Waals surface area (Å²) in [5.41, 5.74) is 7.83. The van der Waals surface area contributed by atoms with Crippen molar-refractivity contribution in [1.82, 2.24) is 4.90 Å². The van der Waals surface area contributed by atoms with Crippen molar-refractivity contribution in [1.29, 1.82) is 0 Å². The fourth-order valence-electron chi connectivity index (χ4n) is 5.71. The van der Waals surface area contributed by atoms with E-state index in [2.05, 4.69) is 0 Å². The zero-order valence-electron chi connectivity index (χ0n) is 19.8. The minimum atomic E-state index is -1.01. The average Bonchev–Trinajstić information content (AvgIpc) is 3.34. The molecule has 3 N–H and O–H groups in total. The van der Waals surface area contributed by atoms with Crippen LogP contribution in [0.25, 0.3) is 0 Å². The highest BCUT2D eigenvalue weighted by Crippen LogP contribution is 2.38. The number of Topliss-reactive ketones (excluding diaryl/α,β-unsaturated/α-hetero) is 1. The lowest BCUT2D eigenvalue weighted by molar-refractivity contribution is -0.142. The molecule has 0 radical (unpaired) electrons. The summed E-state index contributed by atoms with van der Waals surface area (Å²) in [5, 5.41) is 9.13. The van der Waals surface area contributed by atoms with Crippen molar-refractivity contribution in [3.05, 3.63) is 71.3 Å². The molecular weight excluding hydrogens is 447 g/mol. The second-order valence-electron chi connectivity index (χ2n) is 9.86. The van der Waals surface area contributed by atoms with Crippen LogP contribution >= 0.6 is 0 Å². The van der Waals surface area contributed by atoms with Crippen LogP contribution in [0.4, 0.5) is 4.39 Å². The maximum Gasteiger partial charge on any atom is 0.335 e. The van der Waals surface area contributed by atoms with Crippen molar-refractivity contribution < 1.29 is 23.9 Å². The van der Waals surface area contributed by atoms with Crippen LogP contribution in [-0.2, 0) is 16.0 Å². The molecule has 1 heterocycles. The molecule has 2 fully saturated rings. The molecule has 186 valence electrons. The van der Waals surface area contributed by atoms with E-state index in [9.17, 15) is 18.8 Å². The number of aromatic carboxylic acids is 1. The second-order valence-corrected chi connectivity index (χ2v) is 9.86. The first kappa shape index (κ1) is 25.0. The van der Waals surface area contributed by atoms with E-state index in [0.29, 0.717) is 25.8 Å². The number of halogens is 1. The van der Waals surface area contributed by atoms with Crippen LogP contribution in [0, 0.1) is 11.8 Å². The Morgan fingerprint density at radius 3 is 2.23 bits per heavy atom. The molecule has 2 aromatic carbocycles.